The number of ether oxygens (including phenoxy) is 1. The minimum atomic E-state index is -0.605. The molecule has 1 aliphatic heterocycles. The Morgan fingerprint density at radius 1 is 1.15 bits per heavy atom. The summed E-state index contributed by atoms with van der Waals surface area (Å²) < 4.78 is 7.41. The highest BCUT2D eigenvalue weighted by molar-refractivity contribution is 6.36. The lowest BCUT2D eigenvalue weighted by Gasteiger charge is -2.32. The number of rotatable bonds is 2. The van der Waals surface area contributed by atoms with Crippen molar-refractivity contribution in [3.8, 4) is 11.3 Å². The number of nitrogens with zero attached hydrogens (tertiary/aromatic N) is 2. The Bertz CT molecular complexity index is 853. The zero-order valence-corrected chi connectivity index (χ0v) is 15.8. The number of benzene rings is 1. The van der Waals surface area contributed by atoms with E-state index in [1.165, 1.54) is 0 Å². The Morgan fingerprint density at radius 3 is 2.38 bits per heavy atom. The van der Waals surface area contributed by atoms with Crippen molar-refractivity contribution in [2.24, 2.45) is 5.73 Å². The summed E-state index contributed by atoms with van der Waals surface area (Å²) in [5, 5.41) is 0.324. The summed E-state index contributed by atoms with van der Waals surface area (Å²) in [6, 6.07) is 9.59. The highest BCUT2D eigenvalue weighted by atomic mass is 35.5. The van der Waals surface area contributed by atoms with Crippen LogP contribution in [0.1, 0.15) is 36.8 Å². The second-order valence-electron chi connectivity index (χ2n) is 7.27. The van der Waals surface area contributed by atoms with Crippen LogP contribution in [0.25, 0.3) is 11.3 Å². The molecule has 0 bridgehead atoms. The molecule has 0 saturated heterocycles. The smallest absolute Gasteiger partial charge is 0.410 e. The first-order valence-electron chi connectivity index (χ1n) is 8.43. The van der Waals surface area contributed by atoms with Gasteiger partial charge in [0.25, 0.3) is 5.91 Å². The third-order valence-electron chi connectivity index (χ3n) is 4.19. The average Bonchev–Trinajstić information content (AvgIpc) is 2.85. The first-order valence-corrected chi connectivity index (χ1v) is 8.81. The summed E-state index contributed by atoms with van der Waals surface area (Å²) in [5.41, 5.74) is 7.54. The Balaban J connectivity index is 2.03. The molecule has 2 aromatic rings. The van der Waals surface area contributed by atoms with E-state index in [1.54, 1.807) is 4.90 Å². The monoisotopic (exact) mass is 375 g/mol. The molecule has 0 aliphatic carbocycles. The summed E-state index contributed by atoms with van der Waals surface area (Å²) in [6.07, 6.45) is -0.419. The van der Waals surface area contributed by atoms with Gasteiger partial charge >= 0.3 is 6.09 Å². The van der Waals surface area contributed by atoms with Crippen LogP contribution in [0.2, 0.25) is 5.02 Å². The average molecular weight is 376 g/mol. The van der Waals surface area contributed by atoms with Crippen molar-refractivity contribution in [1.29, 1.82) is 0 Å². The molecule has 0 spiro atoms. The predicted octanol–water partition coefficient (Wildman–Crippen LogP) is 3.66. The number of hydrogen-bond donors (Lipinski definition) is 1. The number of halogens is 1. The van der Waals surface area contributed by atoms with Crippen LogP contribution in [0.4, 0.5) is 4.79 Å². The Hall–Kier alpha value is -2.47. The molecule has 6 nitrogen and oxygen atoms in total. The van der Waals surface area contributed by atoms with Crippen LogP contribution < -0.4 is 5.73 Å². The van der Waals surface area contributed by atoms with E-state index in [-0.39, 0.29) is 12.1 Å². The number of amides is 2. The zero-order chi connectivity index (χ0) is 19.1. The number of primary amides is 1. The molecule has 1 aromatic carbocycles. The molecular formula is C19H22ClN3O3. The number of carbonyl (C=O) groups excluding carboxylic acids is 2. The van der Waals surface area contributed by atoms with Gasteiger partial charge in [-0.3, -0.25) is 4.79 Å². The van der Waals surface area contributed by atoms with Gasteiger partial charge < -0.3 is 19.9 Å². The fourth-order valence-electron chi connectivity index (χ4n) is 3.14. The molecular weight excluding hydrogens is 354 g/mol. The summed E-state index contributed by atoms with van der Waals surface area (Å²) in [7, 11) is 0. The number of nitrogens with two attached hydrogens (primary N) is 1. The molecule has 1 aliphatic rings. The van der Waals surface area contributed by atoms with E-state index in [2.05, 4.69) is 0 Å². The van der Waals surface area contributed by atoms with Gasteiger partial charge in [0.2, 0.25) is 0 Å². The van der Waals surface area contributed by atoms with Crippen LogP contribution in [0, 0.1) is 0 Å². The minimum Gasteiger partial charge on any atom is -0.444 e. The number of hydrogen-bond acceptors (Lipinski definition) is 3. The fourth-order valence-corrected chi connectivity index (χ4v) is 3.55. The molecule has 3 rings (SSSR count). The van der Waals surface area contributed by atoms with Crippen LogP contribution in [0.15, 0.2) is 30.3 Å². The molecule has 138 valence electrons. The normalized spacial score (nSPS) is 14.1. The van der Waals surface area contributed by atoms with Gasteiger partial charge in [0.1, 0.15) is 5.60 Å². The van der Waals surface area contributed by atoms with Crippen LogP contribution in [-0.4, -0.2) is 33.6 Å². The van der Waals surface area contributed by atoms with E-state index in [1.807, 2.05) is 55.7 Å². The first-order chi connectivity index (χ1) is 12.2. The zero-order valence-electron chi connectivity index (χ0n) is 15.1. The van der Waals surface area contributed by atoms with Gasteiger partial charge in [0.15, 0.2) is 0 Å². The van der Waals surface area contributed by atoms with Crippen molar-refractivity contribution in [1.82, 2.24) is 9.47 Å². The summed E-state index contributed by atoms with van der Waals surface area (Å²) in [6.45, 7) is 6.64. The van der Waals surface area contributed by atoms with Gasteiger partial charge in [-0.15, -0.1) is 0 Å². The summed E-state index contributed by atoms with van der Waals surface area (Å²) >= 11 is 6.53. The molecule has 7 heteroatoms. The third-order valence-corrected chi connectivity index (χ3v) is 4.56. The molecule has 2 N–H and O–H groups in total. The summed E-state index contributed by atoms with van der Waals surface area (Å²) in [4.78, 5) is 26.0. The van der Waals surface area contributed by atoms with Crippen molar-refractivity contribution in [3.05, 3.63) is 46.6 Å². The molecule has 0 fully saturated rings. The first kappa shape index (κ1) is 18.3. The molecule has 0 unspecified atom stereocenters. The second kappa shape index (κ2) is 6.68. The van der Waals surface area contributed by atoms with E-state index < -0.39 is 17.6 Å². The topological polar surface area (TPSA) is 77.6 Å². The second-order valence-corrected chi connectivity index (χ2v) is 7.65. The van der Waals surface area contributed by atoms with Gasteiger partial charge in [-0.05, 0) is 26.3 Å². The fraction of sp³-hybridized carbons (Fsp3) is 0.368. The minimum absolute atomic E-state index is 0.222. The maximum Gasteiger partial charge on any atom is 0.410 e. The van der Waals surface area contributed by atoms with E-state index in [4.69, 9.17) is 22.1 Å². The van der Waals surface area contributed by atoms with Gasteiger partial charge in [0.05, 0.1) is 28.5 Å². The lowest BCUT2D eigenvalue weighted by atomic mass is 10.1. The van der Waals surface area contributed by atoms with Crippen LogP contribution in [-0.2, 0) is 17.8 Å². The molecule has 0 radical (unpaired) electrons. The van der Waals surface area contributed by atoms with Crippen LogP contribution >= 0.6 is 11.6 Å². The van der Waals surface area contributed by atoms with Crippen molar-refractivity contribution in [2.75, 3.05) is 6.54 Å². The Labute approximate surface area is 157 Å². The highest BCUT2D eigenvalue weighted by Gasteiger charge is 2.32. The van der Waals surface area contributed by atoms with Crippen molar-refractivity contribution in [3.63, 3.8) is 0 Å². The Kier molecular flexibility index (Phi) is 4.71. The number of fused-ring (bicyclic) bond motifs is 1. The standard InChI is InChI=1S/C19H22ClN3O3/c1-19(2,3)26-18(25)22-9-10-23-13(11-22)14(17(21)24)15(20)16(23)12-7-5-4-6-8-12/h4-8H,9-11H2,1-3H3,(H2,21,24). The molecule has 26 heavy (non-hydrogen) atoms. The van der Waals surface area contributed by atoms with Gasteiger partial charge in [-0.25, -0.2) is 4.79 Å². The molecule has 2 heterocycles. The lowest BCUT2D eigenvalue weighted by Crippen LogP contribution is -2.42. The molecule has 0 atom stereocenters. The van der Waals surface area contributed by atoms with E-state index in [0.29, 0.717) is 23.8 Å². The van der Waals surface area contributed by atoms with Crippen LogP contribution in [0.3, 0.4) is 0 Å². The van der Waals surface area contributed by atoms with Crippen molar-refractivity contribution < 1.29 is 14.3 Å². The maximum absolute atomic E-state index is 12.4. The highest BCUT2D eigenvalue weighted by Crippen LogP contribution is 2.37. The molecule has 0 saturated carbocycles. The third kappa shape index (κ3) is 3.42. The Morgan fingerprint density at radius 2 is 1.81 bits per heavy atom. The van der Waals surface area contributed by atoms with Crippen molar-refractivity contribution in [2.45, 2.75) is 39.5 Å². The van der Waals surface area contributed by atoms with Gasteiger partial charge in [-0.1, -0.05) is 41.9 Å². The predicted molar refractivity (Wildman–Crippen MR) is 100 cm³/mol. The SMILES string of the molecule is CC(C)(C)OC(=O)N1CCn2c(c(C(N)=O)c(Cl)c2-c2ccccc2)C1. The number of carbonyl (C=O) groups is 2. The largest absolute Gasteiger partial charge is 0.444 e. The van der Waals surface area contributed by atoms with Gasteiger partial charge in [-0.2, -0.15) is 0 Å². The summed E-state index contributed by atoms with van der Waals surface area (Å²) in [5.74, 6) is -0.605. The lowest BCUT2D eigenvalue weighted by molar-refractivity contribution is 0.0198. The molecule has 1 aromatic heterocycles. The number of aromatic nitrogens is 1. The quantitative estimate of drug-likeness (QED) is 0.870. The van der Waals surface area contributed by atoms with E-state index in [9.17, 15) is 9.59 Å². The van der Waals surface area contributed by atoms with E-state index in [0.717, 1.165) is 11.3 Å². The van der Waals surface area contributed by atoms with E-state index >= 15 is 0 Å². The van der Waals surface area contributed by atoms with Gasteiger partial charge in [0, 0.05) is 13.1 Å². The van der Waals surface area contributed by atoms with Crippen molar-refractivity contribution >= 4 is 23.6 Å². The van der Waals surface area contributed by atoms with Crippen LogP contribution in [0.5, 0.6) is 0 Å². The maximum atomic E-state index is 12.4. The molecule has 2 amide bonds.